The fourth-order valence-electron chi connectivity index (χ4n) is 2.31. The molecular formula is C12H26N2S. The molecule has 0 radical (unpaired) electrons. The maximum Gasteiger partial charge on any atom is 0.0155 e. The molecule has 0 bridgehead atoms. The summed E-state index contributed by atoms with van der Waals surface area (Å²) >= 11 is 1.94. The van der Waals surface area contributed by atoms with Crippen molar-refractivity contribution in [2.45, 2.75) is 32.7 Å². The Morgan fingerprint density at radius 1 is 1.40 bits per heavy atom. The smallest absolute Gasteiger partial charge is 0.0155 e. The average molecular weight is 230 g/mol. The van der Waals surface area contributed by atoms with Crippen LogP contribution < -0.4 is 5.32 Å². The van der Waals surface area contributed by atoms with E-state index < -0.39 is 0 Å². The van der Waals surface area contributed by atoms with Crippen LogP contribution in [0.3, 0.4) is 0 Å². The lowest BCUT2D eigenvalue weighted by atomic mass is 9.80. The first kappa shape index (κ1) is 13.3. The first-order valence-electron chi connectivity index (χ1n) is 5.97. The van der Waals surface area contributed by atoms with E-state index in [0.717, 1.165) is 0 Å². The Morgan fingerprint density at radius 2 is 2.00 bits per heavy atom. The molecule has 0 aromatic heterocycles. The lowest BCUT2D eigenvalue weighted by Gasteiger charge is -2.39. The lowest BCUT2D eigenvalue weighted by molar-refractivity contribution is 0.129. The molecule has 3 heteroatoms. The van der Waals surface area contributed by atoms with Gasteiger partial charge in [-0.25, -0.2) is 0 Å². The Hall–Kier alpha value is 0.270. The van der Waals surface area contributed by atoms with Crippen molar-refractivity contribution in [3.63, 3.8) is 0 Å². The van der Waals surface area contributed by atoms with Crippen molar-refractivity contribution in [3.05, 3.63) is 0 Å². The molecule has 15 heavy (non-hydrogen) atoms. The normalized spacial score (nSPS) is 23.0. The van der Waals surface area contributed by atoms with Crippen molar-refractivity contribution < 1.29 is 0 Å². The van der Waals surface area contributed by atoms with Gasteiger partial charge < -0.3 is 10.2 Å². The Labute approximate surface area is 99.2 Å². The van der Waals surface area contributed by atoms with Crippen LogP contribution in [0.1, 0.15) is 26.7 Å². The summed E-state index contributed by atoms with van der Waals surface area (Å²) in [7, 11) is 2.27. The van der Waals surface area contributed by atoms with Crippen LogP contribution in [0.25, 0.3) is 0 Å². The molecule has 0 aliphatic carbocycles. The second kappa shape index (κ2) is 6.12. The fourth-order valence-corrected chi connectivity index (χ4v) is 3.05. The summed E-state index contributed by atoms with van der Waals surface area (Å²) in [6.45, 7) is 8.41. The Kier molecular flexibility index (Phi) is 5.44. The van der Waals surface area contributed by atoms with Gasteiger partial charge in [-0.3, -0.25) is 0 Å². The van der Waals surface area contributed by atoms with Crippen LogP contribution in [0, 0.1) is 5.41 Å². The van der Waals surface area contributed by atoms with E-state index in [0.29, 0.717) is 11.5 Å². The fraction of sp³-hybridized carbons (Fsp3) is 1.00. The zero-order valence-corrected chi connectivity index (χ0v) is 11.5. The van der Waals surface area contributed by atoms with Crippen LogP contribution >= 0.6 is 11.8 Å². The van der Waals surface area contributed by atoms with Gasteiger partial charge in [-0.15, -0.1) is 0 Å². The number of nitrogens with one attached hydrogen (secondary N) is 1. The van der Waals surface area contributed by atoms with Gasteiger partial charge in [0, 0.05) is 18.3 Å². The van der Waals surface area contributed by atoms with Gasteiger partial charge in [-0.1, -0.05) is 6.92 Å². The Morgan fingerprint density at radius 3 is 2.53 bits per heavy atom. The van der Waals surface area contributed by atoms with Crippen molar-refractivity contribution in [1.82, 2.24) is 10.2 Å². The van der Waals surface area contributed by atoms with Crippen LogP contribution in [0.15, 0.2) is 0 Å². The molecule has 1 unspecified atom stereocenters. The van der Waals surface area contributed by atoms with Crippen molar-refractivity contribution in [2.24, 2.45) is 5.41 Å². The summed E-state index contributed by atoms with van der Waals surface area (Å²) in [5.74, 6) is 1.24. The summed E-state index contributed by atoms with van der Waals surface area (Å²) < 4.78 is 0. The summed E-state index contributed by atoms with van der Waals surface area (Å²) in [6.07, 6.45) is 4.84. The summed E-state index contributed by atoms with van der Waals surface area (Å²) in [4.78, 5) is 2.53. The van der Waals surface area contributed by atoms with E-state index in [-0.39, 0.29) is 0 Å². The molecule has 1 aliphatic rings. The Bertz CT molecular complexity index is 178. The van der Waals surface area contributed by atoms with E-state index in [1.54, 1.807) is 0 Å². The molecule has 1 atom stereocenters. The molecule has 1 rings (SSSR count). The van der Waals surface area contributed by atoms with Gasteiger partial charge in [0.1, 0.15) is 0 Å². The van der Waals surface area contributed by atoms with Gasteiger partial charge in [-0.05, 0) is 51.6 Å². The molecule has 90 valence electrons. The maximum atomic E-state index is 3.44. The van der Waals surface area contributed by atoms with Crippen molar-refractivity contribution in [3.8, 4) is 0 Å². The minimum Gasteiger partial charge on any atom is -0.317 e. The zero-order chi connectivity index (χ0) is 11.3. The molecule has 0 spiro atoms. The van der Waals surface area contributed by atoms with Crippen LogP contribution in [0.4, 0.5) is 0 Å². The number of rotatable bonds is 5. The average Bonchev–Trinajstić information content (AvgIpc) is 2.18. The van der Waals surface area contributed by atoms with E-state index >= 15 is 0 Å². The third-order valence-corrected chi connectivity index (χ3v) is 4.42. The molecule has 1 N–H and O–H groups in total. The van der Waals surface area contributed by atoms with E-state index in [9.17, 15) is 0 Å². The number of hydrogen-bond acceptors (Lipinski definition) is 3. The molecule has 1 saturated heterocycles. The molecule has 0 saturated carbocycles. The highest BCUT2D eigenvalue weighted by molar-refractivity contribution is 7.98. The van der Waals surface area contributed by atoms with Gasteiger partial charge in [0.15, 0.2) is 0 Å². The lowest BCUT2D eigenvalue weighted by Crippen LogP contribution is -2.44. The summed E-state index contributed by atoms with van der Waals surface area (Å²) in [5.41, 5.74) is 0.534. The first-order chi connectivity index (χ1) is 7.07. The van der Waals surface area contributed by atoms with Gasteiger partial charge in [0.2, 0.25) is 0 Å². The number of thioether (sulfide) groups is 1. The number of nitrogens with zero attached hydrogens (tertiary/aromatic N) is 1. The summed E-state index contributed by atoms with van der Waals surface area (Å²) in [5, 5.41) is 3.44. The van der Waals surface area contributed by atoms with Crippen LogP contribution in [-0.4, -0.2) is 49.6 Å². The molecular weight excluding hydrogens is 204 g/mol. The van der Waals surface area contributed by atoms with Crippen molar-refractivity contribution in [1.29, 1.82) is 0 Å². The topological polar surface area (TPSA) is 15.3 Å². The standard InChI is InChI=1S/C12H26N2S/c1-11(9-15-4)14(3)10-12(2)5-7-13-8-6-12/h11,13H,5-10H2,1-4H3. The molecule has 0 amide bonds. The highest BCUT2D eigenvalue weighted by atomic mass is 32.2. The van der Waals surface area contributed by atoms with Gasteiger partial charge >= 0.3 is 0 Å². The van der Waals surface area contributed by atoms with Crippen LogP contribution in [0.2, 0.25) is 0 Å². The minimum atomic E-state index is 0.534. The van der Waals surface area contributed by atoms with E-state index in [1.165, 1.54) is 38.2 Å². The second-order valence-electron chi connectivity index (χ2n) is 5.28. The van der Waals surface area contributed by atoms with Gasteiger partial charge in [0.25, 0.3) is 0 Å². The quantitative estimate of drug-likeness (QED) is 0.778. The van der Waals surface area contributed by atoms with Crippen LogP contribution in [-0.2, 0) is 0 Å². The van der Waals surface area contributed by atoms with Crippen molar-refractivity contribution >= 4 is 11.8 Å². The number of piperidine rings is 1. The largest absolute Gasteiger partial charge is 0.317 e. The van der Waals surface area contributed by atoms with E-state index in [4.69, 9.17) is 0 Å². The van der Waals surface area contributed by atoms with Gasteiger partial charge in [0.05, 0.1) is 0 Å². The number of hydrogen-bond donors (Lipinski definition) is 1. The highest BCUT2D eigenvalue weighted by Crippen LogP contribution is 2.29. The van der Waals surface area contributed by atoms with Crippen molar-refractivity contribution in [2.75, 3.05) is 38.7 Å². The van der Waals surface area contributed by atoms with E-state index in [1.807, 2.05) is 11.8 Å². The molecule has 1 fully saturated rings. The predicted molar refractivity (Wildman–Crippen MR) is 70.7 cm³/mol. The Balaban J connectivity index is 2.37. The van der Waals surface area contributed by atoms with Crippen LogP contribution in [0.5, 0.6) is 0 Å². The highest BCUT2D eigenvalue weighted by Gasteiger charge is 2.28. The third-order valence-electron chi connectivity index (χ3n) is 3.60. The monoisotopic (exact) mass is 230 g/mol. The first-order valence-corrected chi connectivity index (χ1v) is 7.37. The predicted octanol–water partition coefficient (Wildman–Crippen LogP) is 2.06. The van der Waals surface area contributed by atoms with E-state index in [2.05, 4.69) is 37.4 Å². The maximum absolute atomic E-state index is 3.44. The minimum absolute atomic E-state index is 0.534. The molecule has 2 nitrogen and oxygen atoms in total. The third kappa shape index (κ3) is 4.33. The molecule has 1 heterocycles. The molecule has 0 aromatic rings. The molecule has 1 aliphatic heterocycles. The zero-order valence-electron chi connectivity index (χ0n) is 10.7. The van der Waals surface area contributed by atoms with Gasteiger partial charge in [-0.2, -0.15) is 11.8 Å². The summed E-state index contributed by atoms with van der Waals surface area (Å²) in [6, 6.07) is 0.701. The SMILES string of the molecule is CSCC(C)N(C)CC1(C)CCNCC1. The second-order valence-corrected chi connectivity index (χ2v) is 6.19. The molecule has 0 aromatic carbocycles.